The van der Waals surface area contributed by atoms with Crippen LogP contribution in [0.2, 0.25) is 0 Å². The second-order valence-electron chi connectivity index (χ2n) is 14.0. The number of carbonyl (C=O) groups excluding carboxylic acids is 4. The van der Waals surface area contributed by atoms with Gasteiger partial charge in [-0.15, -0.1) is 0 Å². The Hall–Kier alpha value is -2.52. The third-order valence-electron chi connectivity index (χ3n) is 6.26. The summed E-state index contributed by atoms with van der Waals surface area (Å²) in [6, 6.07) is -0.391. The molecule has 0 unspecified atom stereocenters. The van der Waals surface area contributed by atoms with Crippen LogP contribution < -0.4 is 10.6 Å². The highest BCUT2D eigenvalue weighted by Crippen LogP contribution is 2.27. The highest BCUT2D eigenvalue weighted by molar-refractivity contribution is 5.75. The molecule has 2 aliphatic rings. The van der Waals surface area contributed by atoms with E-state index in [0.717, 1.165) is 12.8 Å². The minimum Gasteiger partial charge on any atom is -0.460 e. The van der Waals surface area contributed by atoms with Crippen LogP contribution in [-0.4, -0.2) is 59.6 Å². The number of carbonyl (C=O) groups is 4. The number of alkyl carbamates (subject to hydrolysis) is 2. The van der Waals surface area contributed by atoms with Crippen molar-refractivity contribution in [1.82, 2.24) is 10.6 Å². The van der Waals surface area contributed by atoms with Crippen molar-refractivity contribution in [2.24, 2.45) is 23.7 Å². The van der Waals surface area contributed by atoms with Crippen LogP contribution >= 0.6 is 0 Å². The lowest BCUT2D eigenvalue weighted by Crippen LogP contribution is -2.46. The van der Waals surface area contributed by atoms with E-state index in [9.17, 15) is 19.2 Å². The van der Waals surface area contributed by atoms with Crippen molar-refractivity contribution in [1.29, 1.82) is 0 Å². The lowest BCUT2D eigenvalue weighted by atomic mass is 9.95. The smallest absolute Gasteiger partial charge is 0.408 e. The minimum atomic E-state index is -0.536. The van der Waals surface area contributed by atoms with Crippen LogP contribution in [0.3, 0.4) is 0 Å². The molecule has 2 fully saturated rings. The van der Waals surface area contributed by atoms with Gasteiger partial charge in [-0.05, 0) is 79.1 Å². The van der Waals surface area contributed by atoms with Crippen molar-refractivity contribution < 1.29 is 38.1 Å². The number of hydrogen-bond donors (Lipinski definition) is 2. The average molecular weight is 571 g/mol. The van der Waals surface area contributed by atoms with E-state index in [-0.39, 0.29) is 48.1 Å². The summed E-state index contributed by atoms with van der Waals surface area (Å²) in [6.07, 6.45) is 1.36. The molecule has 0 radical (unpaired) electrons. The molecule has 0 spiro atoms. The van der Waals surface area contributed by atoms with Crippen LogP contribution in [-0.2, 0) is 28.5 Å². The Morgan fingerprint density at radius 1 is 0.725 bits per heavy atom. The maximum atomic E-state index is 11.9. The molecule has 10 heteroatoms. The van der Waals surface area contributed by atoms with Gasteiger partial charge in [0.15, 0.2) is 0 Å². The van der Waals surface area contributed by atoms with Gasteiger partial charge in [0.05, 0.1) is 23.9 Å². The molecule has 0 aromatic heterocycles. The van der Waals surface area contributed by atoms with Gasteiger partial charge in [0.2, 0.25) is 0 Å². The topological polar surface area (TPSA) is 129 Å². The van der Waals surface area contributed by atoms with Crippen LogP contribution in [0.15, 0.2) is 0 Å². The molecule has 0 aromatic rings. The van der Waals surface area contributed by atoms with E-state index in [2.05, 4.69) is 38.3 Å². The zero-order valence-electron chi connectivity index (χ0n) is 26.7. The van der Waals surface area contributed by atoms with E-state index < -0.39 is 23.4 Å². The first kappa shape index (κ1) is 35.5. The molecule has 2 aliphatic heterocycles. The van der Waals surface area contributed by atoms with Crippen LogP contribution in [0, 0.1) is 23.7 Å². The first-order valence-electron chi connectivity index (χ1n) is 14.6. The standard InChI is InChI=1S/2C15H27NO4/c2*1-9(2)7-11(12-8-10(3)13(17)19-12)16-14(18)20-15(4,5)6/h2*9-12H,7-8H2,1-6H3,(H,16,18)/t10-,11+,12-;10-,11-,12+/m10/s1. The van der Waals surface area contributed by atoms with Crippen molar-refractivity contribution in [2.75, 3.05) is 0 Å². The van der Waals surface area contributed by atoms with E-state index in [4.69, 9.17) is 18.9 Å². The second kappa shape index (κ2) is 14.9. The zero-order chi connectivity index (χ0) is 31.0. The SMILES string of the molecule is CC(C)C[C@H](NC(=O)OC(C)(C)C)[C@H]1C[C@@H](C)C(=O)O1.CC(C)C[C@H](NC(=O)OC(C)(C)C)[C@H]1C[C@H](C)C(=O)O1. The van der Waals surface area contributed by atoms with E-state index >= 15 is 0 Å². The number of cyclic esters (lactones) is 2. The molecule has 40 heavy (non-hydrogen) atoms. The van der Waals surface area contributed by atoms with Crippen LogP contribution in [0.1, 0.15) is 109 Å². The van der Waals surface area contributed by atoms with E-state index in [0.29, 0.717) is 24.7 Å². The van der Waals surface area contributed by atoms with Crippen molar-refractivity contribution in [3.8, 4) is 0 Å². The van der Waals surface area contributed by atoms with Gasteiger partial charge in [0.1, 0.15) is 23.4 Å². The molecule has 0 aliphatic carbocycles. The minimum absolute atomic E-state index is 0.102. The number of ether oxygens (including phenoxy) is 4. The molecule has 0 bridgehead atoms. The number of amides is 2. The van der Waals surface area contributed by atoms with Crippen molar-refractivity contribution in [3.05, 3.63) is 0 Å². The fourth-order valence-corrected chi connectivity index (χ4v) is 4.55. The lowest BCUT2D eigenvalue weighted by molar-refractivity contribution is -0.145. The largest absolute Gasteiger partial charge is 0.460 e. The van der Waals surface area contributed by atoms with Crippen molar-refractivity contribution in [3.63, 3.8) is 0 Å². The monoisotopic (exact) mass is 570 g/mol. The maximum absolute atomic E-state index is 11.9. The summed E-state index contributed by atoms with van der Waals surface area (Å²) < 4.78 is 21.3. The van der Waals surface area contributed by atoms with Crippen molar-refractivity contribution in [2.45, 2.75) is 144 Å². The van der Waals surface area contributed by atoms with Gasteiger partial charge in [-0.2, -0.15) is 0 Å². The summed E-state index contributed by atoms with van der Waals surface area (Å²) in [5, 5.41) is 5.70. The summed E-state index contributed by atoms with van der Waals surface area (Å²) >= 11 is 0. The van der Waals surface area contributed by atoms with Crippen LogP contribution in [0.25, 0.3) is 0 Å². The fraction of sp³-hybridized carbons (Fsp3) is 0.867. The van der Waals surface area contributed by atoms with Gasteiger partial charge in [0, 0.05) is 0 Å². The van der Waals surface area contributed by atoms with Gasteiger partial charge in [0.25, 0.3) is 0 Å². The Labute approximate surface area is 241 Å². The van der Waals surface area contributed by atoms with E-state index in [1.165, 1.54) is 0 Å². The van der Waals surface area contributed by atoms with Gasteiger partial charge >= 0.3 is 24.1 Å². The van der Waals surface area contributed by atoms with Crippen molar-refractivity contribution >= 4 is 24.1 Å². The molecule has 10 nitrogen and oxygen atoms in total. The number of nitrogens with one attached hydrogen (secondary N) is 2. The predicted molar refractivity (Wildman–Crippen MR) is 153 cm³/mol. The number of esters is 2. The zero-order valence-corrected chi connectivity index (χ0v) is 26.7. The average Bonchev–Trinajstić information content (AvgIpc) is 3.25. The molecule has 6 atom stereocenters. The van der Waals surface area contributed by atoms with Gasteiger partial charge in [-0.3, -0.25) is 9.59 Å². The summed E-state index contributed by atoms with van der Waals surface area (Å²) in [6.45, 7) is 22.9. The number of hydrogen-bond acceptors (Lipinski definition) is 8. The molecule has 2 saturated heterocycles. The molecule has 2 N–H and O–H groups in total. The Balaban J connectivity index is 0.000000400. The highest BCUT2D eigenvalue weighted by Gasteiger charge is 2.39. The Morgan fingerprint density at radius 3 is 1.23 bits per heavy atom. The summed E-state index contributed by atoms with van der Waals surface area (Å²) in [4.78, 5) is 46.8. The Bertz CT molecular complexity index is 789. The molecule has 0 aromatic carbocycles. The molecule has 2 rings (SSSR count). The summed E-state index contributed by atoms with van der Waals surface area (Å²) in [5.74, 6) is 0.212. The van der Waals surface area contributed by atoms with Gasteiger partial charge < -0.3 is 29.6 Å². The quantitative estimate of drug-likeness (QED) is 0.279. The maximum Gasteiger partial charge on any atom is 0.408 e. The molecular weight excluding hydrogens is 516 g/mol. The first-order valence-corrected chi connectivity index (χ1v) is 14.6. The predicted octanol–water partition coefficient (Wildman–Crippen LogP) is 5.75. The molecular formula is C30H54N2O8. The van der Waals surface area contributed by atoms with Crippen LogP contribution in [0.5, 0.6) is 0 Å². The Morgan fingerprint density at radius 2 is 1.02 bits per heavy atom. The lowest BCUT2D eigenvalue weighted by Gasteiger charge is -2.27. The molecule has 0 saturated carbocycles. The van der Waals surface area contributed by atoms with Crippen LogP contribution in [0.4, 0.5) is 9.59 Å². The second-order valence-corrected chi connectivity index (χ2v) is 14.0. The van der Waals surface area contributed by atoms with E-state index in [1.807, 2.05) is 55.4 Å². The molecule has 232 valence electrons. The number of rotatable bonds is 8. The molecule has 2 amide bonds. The third-order valence-corrected chi connectivity index (χ3v) is 6.26. The normalized spacial score (nSPS) is 24.4. The molecule has 2 heterocycles. The van der Waals surface area contributed by atoms with E-state index in [1.54, 1.807) is 0 Å². The third kappa shape index (κ3) is 13.7. The summed E-state index contributed by atoms with van der Waals surface area (Å²) in [7, 11) is 0. The Kier molecular flexibility index (Phi) is 13.2. The fourth-order valence-electron chi connectivity index (χ4n) is 4.55. The first-order chi connectivity index (χ1) is 18.2. The highest BCUT2D eigenvalue weighted by atomic mass is 16.6. The summed E-state index contributed by atoms with van der Waals surface area (Å²) in [5.41, 5.74) is -1.07. The van der Waals surface area contributed by atoms with Gasteiger partial charge in [-0.25, -0.2) is 9.59 Å². The van der Waals surface area contributed by atoms with Gasteiger partial charge in [-0.1, -0.05) is 41.5 Å².